The fraction of sp³-hybridized carbons (Fsp3) is 0.333. The van der Waals surface area contributed by atoms with Gasteiger partial charge >= 0.3 is 180 Å². The Morgan fingerprint density at radius 2 is 1.03 bits per heavy atom. The molecule has 2 aliphatic rings. The predicted octanol–water partition coefficient (Wildman–Crippen LogP) is 4.65. The zero-order valence-electron chi connectivity index (χ0n) is 17.5. The van der Waals surface area contributed by atoms with Crippen molar-refractivity contribution in [1.29, 1.82) is 0 Å². The summed E-state index contributed by atoms with van der Waals surface area (Å²) in [7, 11) is -2.14. The van der Waals surface area contributed by atoms with Crippen molar-refractivity contribution in [3.8, 4) is 0 Å². The molecule has 1 saturated heterocycles. The molecule has 0 radical (unpaired) electrons. The Morgan fingerprint density at radius 1 is 0.633 bits per heavy atom. The first-order valence-corrected chi connectivity index (χ1v) is 13.5. The quantitative estimate of drug-likeness (QED) is 0.562. The predicted molar refractivity (Wildman–Crippen MR) is 128 cm³/mol. The minimum absolute atomic E-state index is 0.285. The molecule has 0 N–H and O–H groups in total. The number of ether oxygens (including phenoxy) is 2. The van der Waals surface area contributed by atoms with Crippen LogP contribution < -0.4 is 15.9 Å². The molecular formula is C27H31O2P. The standard InChI is InChI=1S/C27H31O2P/c1-4-10-24(11-5-1)30(25-12-6-2-7-13-25,26-14-8-3-9-15-26)22-23-16-18-27(19-17-23)28-20-21-29-27/h1-15,23,30H,16-22H2. The molecule has 0 atom stereocenters. The summed E-state index contributed by atoms with van der Waals surface area (Å²) in [5.74, 6) is 0.406. The molecule has 0 bridgehead atoms. The fourth-order valence-corrected chi connectivity index (χ4v) is 10.8. The molecule has 5 rings (SSSR count). The summed E-state index contributed by atoms with van der Waals surface area (Å²) >= 11 is 0. The van der Waals surface area contributed by atoms with Crippen LogP contribution in [0.1, 0.15) is 25.7 Å². The van der Waals surface area contributed by atoms with E-state index in [2.05, 4.69) is 91.0 Å². The maximum absolute atomic E-state index is 6.00. The van der Waals surface area contributed by atoms with Crippen LogP contribution in [0.4, 0.5) is 0 Å². The first kappa shape index (κ1) is 19.9. The van der Waals surface area contributed by atoms with Crippen molar-refractivity contribution in [3.05, 3.63) is 91.0 Å². The van der Waals surface area contributed by atoms with Gasteiger partial charge in [0.2, 0.25) is 0 Å². The zero-order valence-corrected chi connectivity index (χ0v) is 18.5. The van der Waals surface area contributed by atoms with E-state index in [1.165, 1.54) is 34.9 Å². The van der Waals surface area contributed by atoms with Crippen molar-refractivity contribution in [3.63, 3.8) is 0 Å². The van der Waals surface area contributed by atoms with Gasteiger partial charge in [-0.25, -0.2) is 0 Å². The second-order valence-electron chi connectivity index (χ2n) is 8.76. The average Bonchev–Trinajstić information content (AvgIpc) is 3.29. The van der Waals surface area contributed by atoms with Crippen molar-refractivity contribution in [2.75, 3.05) is 19.4 Å². The minimum atomic E-state index is -2.14. The Bertz CT molecular complexity index is 830. The van der Waals surface area contributed by atoms with Crippen molar-refractivity contribution >= 4 is 23.2 Å². The van der Waals surface area contributed by atoms with Crippen LogP contribution in [0.2, 0.25) is 0 Å². The third kappa shape index (κ3) is 3.73. The van der Waals surface area contributed by atoms with Gasteiger partial charge < -0.3 is 0 Å². The molecule has 1 aliphatic carbocycles. The van der Waals surface area contributed by atoms with Crippen molar-refractivity contribution < 1.29 is 9.47 Å². The number of benzene rings is 3. The van der Waals surface area contributed by atoms with E-state index >= 15 is 0 Å². The number of rotatable bonds is 5. The van der Waals surface area contributed by atoms with Crippen molar-refractivity contribution in [1.82, 2.24) is 0 Å². The van der Waals surface area contributed by atoms with Crippen LogP contribution in [0.5, 0.6) is 0 Å². The Morgan fingerprint density at radius 3 is 1.43 bits per heavy atom. The molecule has 3 aromatic carbocycles. The van der Waals surface area contributed by atoms with Gasteiger partial charge in [-0.05, 0) is 0 Å². The molecule has 2 nitrogen and oxygen atoms in total. The summed E-state index contributed by atoms with van der Waals surface area (Å²) in [6, 6.07) is 33.8. The van der Waals surface area contributed by atoms with Crippen molar-refractivity contribution in [2.24, 2.45) is 5.92 Å². The van der Waals surface area contributed by atoms with E-state index in [9.17, 15) is 0 Å². The van der Waals surface area contributed by atoms with E-state index in [0.717, 1.165) is 26.1 Å². The monoisotopic (exact) mass is 418 g/mol. The molecule has 3 aromatic rings. The first-order valence-electron chi connectivity index (χ1n) is 11.3. The third-order valence-electron chi connectivity index (χ3n) is 7.08. The summed E-state index contributed by atoms with van der Waals surface area (Å²) in [4.78, 5) is 0. The first-order chi connectivity index (χ1) is 14.8. The zero-order chi connectivity index (χ0) is 20.3. The van der Waals surface area contributed by atoms with Gasteiger partial charge in [0.1, 0.15) is 0 Å². The van der Waals surface area contributed by atoms with Gasteiger partial charge in [-0.3, -0.25) is 0 Å². The molecular weight excluding hydrogens is 387 g/mol. The van der Waals surface area contributed by atoms with E-state index in [-0.39, 0.29) is 5.79 Å². The molecule has 1 heterocycles. The van der Waals surface area contributed by atoms with Gasteiger partial charge in [0.15, 0.2) is 0 Å². The van der Waals surface area contributed by atoms with Crippen LogP contribution >= 0.6 is 7.26 Å². The van der Waals surface area contributed by atoms with Gasteiger partial charge in [0, 0.05) is 0 Å². The molecule has 0 aromatic heterocycles. The summed E-state index contributed by atoms with van der Waals surface area (Å²) in [5.41, 5.74) is 0. The molecule has 2 fully saturated rings. The number of hydrogen-bond acceptors (Lipinski definition) is 2. The molecule has 0 unspecified atom stereocenters. The fourth-order valence-electron chi connectivity index (χ4n) is 5.56. The van der Waals surface area contributed by atoms with Crippen molar-refractivity contribution in [2.45, 2.75) is 31.5 Å². The van der Waals surface area contributed by atoms with Crippen LogP contribution in [-0.2, 0) is 9.47 Å². The summed E-state index contributed by atoms with van der Waals surface area (Å²) in [6.45, 7) is 1.50. The molecule has 156 valence electrons. The van der Waals surface area contributed by atoms with Gasteiger partial charge in [-0.1, -0.05) is 0 Å². The Hall–Kier alpha value is -1.99. The van der Waals surface area contributed by atoms with Crippen LogP contribution in [-0.4, -0.2) is 25.2 Å². The van der Waals surface area contributed by atoms with E-state index in [1.54, 1.807) is 0 Å². The van der Waals surface area contributed by atoms with Gasteiger partial charge in [-0.15, -0.1) is 0 Å². The normalized spacial score (nSPS) is 19.7. The van der Waals surface area contributed by atoms with Crippen LogP contribution in [0.15, 0.2) is 91.0 Å². The molecule has 1 aliphatic heterocycles. The molecule has 3 heteroatoms. The molecule has 0 amide bonds. The summed E-state index contributed by atoms with van der Waals surface area (Å²) in [5, 5.41) is 4.53. The van der Waals surface area contributed by atoms with Crippen LogP contribution in [0.25, 0.3) is 0 Å². The Balaban J connectivity index is 1.56. The second-order valence-corrected chi connectivity index (χ2v) is 12.7. The van der Waals surface area contributed by atoms with Gasteiger partial charge in [0.05, 0.1) is 0 Å². The summed E-state index contributed by atoms with van der Waals surface area (Å²) < 4.78 is 12.0. The number of hydrogen-bond donors (Lipinski definition) is 0. The van der Waals surface area contributed by atoms with E-state index in [4.69, 9.17) is 9.47 Å². The maximum atomic E-state index is 6.00. The van der Waals surface area contributed by atoms with E-state index < -0.39 is 7.26 Å². The Kier molecular flexibility index (Phi) is 5.74. The third-order valence-corrected chi connectivity index (χ3v) is 12.2. The van der Waals surface area contributed by atoms with E-state index in [0.29, 0.717) is 5.92 Å². The summed E-state index contributed by atoms with van der Waals surface area (Å²) in [6.07, 6.45) is 5.66. The van der Waals surface area contributed by atoms with Crippen LogP contribution in [0, 0.1) is 5.92 Å². The average molecular weight is 419 g/mol. The molecule has 1 spiro atoms. The van der Waals surface area contributed by atoms with E-state index in [1.807, 2.05) is 0 Å². The second kappa shape index (κ2) is 8.63. The SMILES string of the molecule is c1ccc([PH](CC2CCC3(CC2)OCCO3)(c2ccccc2)c2ccccc2)cc1. The molecule has 30 heavy (non-hydrogen) atoms. The van der Waals surface area contributed by atoms with Crippen LogP contribution in [0.3, 0.4) is 0 Å². The topological polar surface area (TPSA) is 18.5 Å². The molecule has 1 saturated carbocycles. The van der Waals surface area contributed by atoms with Gasteiger partial charge in [-0.2, -0.15) is 0 Å². The van der Waals surface area contributed by atoms with Gasteiger partial charge in [0.25, 0.3) is 0 Å². The Labute approximate surface area is 180 Å².